The van der Waals surface area contributed by atoms with Crippen LogP contribution in [0, 0.1) is 0 Å². The highest BCUT2D eigenvalue weighted by atomic mass is 35.5. The molecule has 2 aromatic rings. The first-order valence-electron chi connectivity index (χ1n) is 8.32. The summed E-state index contributed by atoms with van der Waals surface area (Å²) < 4.78 is 5.67. The van der Waals surface area contributed by atoms with Crippen molar-refractivity contribution in [1.29, 1.82) is 0 Å². The largest absolute Gasteiger partial charge is 0.492 e. The van der Waals surface area contributed by atoms with Crippen LogP contribution in [0.2, 0.25) is 15.1 Å². The molecule has 2 aromatic carbocycles. The molecule has 0 fully saturated rings. The molecule has 27 heavy (non-hydrogen) atoms. The van der Waals surface area contributed by atoms with Gasteiger partial charge in [0.05, 0.1) is 11.6 Å². The quantitative estimate of drug-likeness (QED) is 0.683. The molecule has 0 spiro atoms. The highest BCUT2D eigenvalue weighted by molar-refractivity contribution is 6.35. The van der Waals surface area contributed by atoms with Crippen LogP contribution in [-0.4, -0.2) is 25.0 Å². The number of carbonyl (C=O) groups is 2. The summed E-state index contributed by atoms with van der Waals surface area (Å²) in [5, 5.41) is 4.17. The SMILES string of the molecule is CC(=O)NC1C(=O)N(CCCOc2ccc(Cl)cc2Cl)c2ccc(Cl)cc21. The summed E-state index contributed by atoms with van der Waals surface area (Å²) in [7, 11) is 0. The standard InChI is InChI=1S/C19H17Cl3N2O3/c1-11(25)23-18-14-9-12(20)3-5-16(14)24(19(18)26)7-2-8-27-17-6-4-13(21)10-15(17)22/h3-6,9-10,18H,2,7-8H2,1H3,(H,23,25). The van der Waals surface area contributed by atoms with E-state index in [2.05, 4.69) is 5.32 Å². The van der Waals surface area contributed by atoms with E-state index in [1.807, 2.05) is 0 Å². The minimum atomic E-state index is -0.720. The summed E-state index contributed by atoms with van der Waals surface area (Å²) >= 11 is 18.0. The van der Waals surface area contributed by atoms with Crippen LogP contribution in [-0.2, 0) is 9.59 Å². The second kappa shape index (κ2) is 8.38. The third-order valence-electron chi connectivity index (χ3n) is 4.13. The van der Waals surface area contributed by atoms with E-state index in [4.69, 9.17) is 39.5 Å². The van der Waals surface area contributed by atoms with Crippen molar-refractivity contribution in [2.24, 2.45) is 0 Å². The van der Waals surface area contributed by atoms with Crippen molar-refractivity contribution in [1.82, 2.24) is 5.32 Å². The van der Waals surface area contributed by atoms with Gasteiger partial charge in [-0.15, -0.1) is 0 Å². The number of nitrogens with one attached hydrogen (secondary N) is 1. The van der Waals surface area contributed by atoms with Gasteiger partial charge in [0, 0.05) is 34.8 Å². The summed E-state index contributed by atoms with van der Waals surface area (Å²) in [6.45, 7) is 2.19. The Morgan fingerprint density at radius 3 is 2.56 bits per heavy atom. The van der Waals surface area contributed by atoms with E-state index in [1.165, 1.54) is 6.92 Å². The highest BCUT2D eigenvalue weighted by Crippen LogP contribution is 2.37. The van der Waals surface area contributed by atoms with Crippen LogP contribution in [0.25, 0.3) is 0 Å². The maximum atomic E-state index is 12.8. The van der Waals surface area contributed by atoms with Crippen LogP contribution in [0.15, 0.2) is 36.4 Å². The smallest absolute Gasteiger partial charge is 0.254 e. The molecule has 8 heteroatoms. The van der Waals surface area contributed by atoms with E-state index in [0.717, 1.165) is 5.69 Å². The van der Waals surface area contributed by atoms with Crippen molar-refractivity contribution in [2.75, 3.05) is 18.1 Å². The molecular formula is C19H17Cl3N2O3. The predicted octanol–water partition coefficient (Wildman–Crippen LogP) is 4.64. The maximum absolute atomic E-state index is 12.8. The Morgan fingerprint density at radius 1 is 1.15 bits per heavy atom. The fraction of sp³-hybridized carbons (Fsp3) is 0.263. The number of ether oxygens (including phenoxy) is 1. The van der Waals surface area contributed by atoms with Gasteiger partial charge in [0.2, 0.25) is 5.91 Å². The molecule has 0 radical (unpaired) electrons. The number of hydrogen-bond acceptors (Lipinski definition) is 3. The maximum Gasteiger partial charge on any atom is 0.254 e. The molecule has 1 N–H and O–H groups in total. The molecule has 1 aliphatic heterocycles. The lowest BCUT2D eigenvalue weighted by Crippen LogP contribution is -2.37. The van der Waals surface area contributed by atoms with Gasteiger partial charge in [-0.3, -0.25) is 9.59 Å². The molecule has 0 saturated heterocycles. The zero-order valence-corrected chi connectivity index (χ0v) is 16.7. The Kier molecular flexibility index (Phi) is 6.15. The van der Waals surface area contributed by atoms with E-state index < -0.39 is 6.04 Å². The molecule has 1 unspecified atom stereocenters. The molecule has 1 atom stereocenters. The number of hydrogen-bond donors (Lipinski definition) is 1. The number of benzene rings is 2. The first-order valence-corrected chi connectivity index (χ1v) is 9.46. The van der Waals surface area contributed by atoms with Crippen LogP contribution in [0.3, 0.4) is 0 Å². The minimum absolute atomic E-state index is 0.188. The molecule has 1 heterocycles. The summed E-state index contributed by atoms with van der Waals surface area (Å²) in [4.78, 5) is 25.9. The van der Waals surface area contributed by atoms with Crippen molar-refractivity contribution >= 4 is 52.3 Å². The molecule has 142 valence electrons. The van der Waals surface area contributed by atoms with Gasteiger partial charge < -0.3 is 15.0 Å². The Morgan fingerprint density at radius 2 is 1.85 bits per heavy atom. The van der Waals surface area contributed by atoms with Crippen molar-refractivity contribution in [3.63, 3.8) is 0 Å². The number of halogens is 3. The molecular weight excluding hydrogens is 411 g/mol. The van der Waals surface area contributed by atoms with Crippen LogP contribution < -0.4 is 15.0 Å². The van der Waals surface area contributed by atoms with Crippen LogP contribution in [0.1, 0.15) is 24.9 Å². The fourth-order valence-corrected chi connectivity index (χ4v) is 3.62. The van der Waals surface area contributed by atoms with Crippen LogP contribution in [0.4, 0.5) is 5.69 Å². The number of anilines is 1. The topological polar surface area (TPSA) is 58.6 Å². The number of fused-ring (bicyclic) bond motifs is 1. The fourth-order valence-electron chi connectivity index (χ4n) is 2.98. The van der Waals surface area contributed by atoms with Gasteiger partial charge in [0.1, 0.15) is 11.8 Å². The van der Waals surface area contributed by atoms with Crippen LogP contribution >= 0.6 is 34.8 Å². The molecule has 0 bridgehead atoms. The minimum Gasteiger partial charge on any atom is -0.492 e. The van der Waals surface area contributed by atoms with Gasteiger partial charge in [0.25, 0.3) is 5.91 Å². The number of amides is 2. The molecule has 1 aliphatic rings. The van der Waals surface area contributed by atoms with Crippen molar-refractivity contribution in [2.45, 2.75) is 19.4 Å². The Bertz CT molecular complexity index is 888. The van der Waals surface area contributed by atoms with Gasteiger partial charge in [-0.05, 0) is 42.8 Å². The van der Waals surface area contributed by atoms with Crippen molar-refractivity contribution in [3.8, 4) is 5.75 Å². The van der Waals surface area contributed by atoms with Crippen LogP contribution in [0.5, 0.6) is 5.75 Å². The summed E-state index contributed by atoms with van der Waals surface area (Å²) in [6, 6.07) is 9.51. The summed E-state index contributed by atoms with van der Waals surface area (Å²) in [5.41, 5.74) is 1.44. The number of rotatable bonds is 6. The predicted molar refractivity (Wildman–Crippen MR) is 107 cm³/mol. The second-order valence-corrected chi connectivity index (χ2v) is 7.38. The zero-order chi connectivity index (χ0) is 19.6. The molecule has 5 nitrogen and oxygen atoms in total. The molecule has 2 amide bonds. The Balaban J connectivity index is 1.66. The lowest BCUT2D eigenvalue weighted by atomic mass is 10.1. The monoisotopic (exact) mass is 426 g/mol. The van der Waals surface area contributed by atoms with Crippen molar-refractivity contribution in [3.05, 3.63) is 57.0 Å². The average molecular weight is 428 g/mol. The average Bonchev–Trinajstić information content (AvgIpc) is 2.84. The van der Waals surface area contributed by atoms with Gasteiger partial charge >= 0.3 is 0 Å². The van der Waals surface area contributed by atoms with E-state index in [1.54, 1.807) is 41.3 Å². The van der Waals surface area contributed by atoms with Gasteiger partial charge in [-0.1, -0.05) is 34.8 Å². The lowest BCUT2D eigenvalue weighted by Gasteiger charge is -2.18. The first-order chi connectivity index (χ1) is 12.9. The summed E-state index contributed by atoms with van der Waals surface area (Å²) in [6.07, 6.45) is 0.583. The summed E-state index contributed by atoms with van der Waals surface area (Å²) in [5.74, 6) is 0.0750. The molecule has 0 aromatic heterocycles. The Hall–Kier alpha value is -1.95. The Labute approximate surface area is 172 Å². The first kappa shape index (κ1) is 19.8. The van der Waals surface area contributed by atoms with Gasteiger partial charge in [0.15, 0.2) is 0 Å². The second-order valence-electron chi connectivity index (χ2n) is 6.10. The van der Waals surface area contributed by atoms with E-state index in [9.17, 15) is 9.59 Å². The van der Waals surface area contributed by atoms with Gasteiger partial charge in [-0.25, -0.2) is 0 Å². The normalized spacial score (nSPS) is 15.6. The third-order valence-corrected chi connectivity index (χ3v) is 4.90. The number of carbonyl (C=O) groups excluding carboxylic acids is 2. The zero-order valence-electron chi connectivity index (χ0n) is 14.5. The van der Waals surface area contributed by atoms with E-state index >= 15 is 0 Å². The third kappa shape index (κ3) is 4.49. The lowest BCUT2D eigenvalue weighted by molar-refractivity contribution is -0.126. The number of nitrogens with zero attached hydrogens (tertiary/aromatic N) is 1. The van der Waals surface area contributed by atoms with E-state index in [0.29, 0.717) is 46.0 Å². The van der Waals surface area contributed by atoms with E-state index in [-0.39, 0.29) is 11.8 Å². The highest BCUT2D eigenvalue weighted by Gasteiger charge is 2.37. The molecule has 0 aliphatic carbocycles. The van der Waals surface area contributed by atoms with Crippen molar-refractivity contribution < 1.29 is 14.3 Å². The van der Waals surface area contributed by atoms with Gasteiger partial charge in [-0.2, -0.15) is 0 Å². The molecule has 0 saturated carbocycles. The molecule has 3 rings (SSSR count).